The topological polar surface area (TPSA) is 40.6 Å². The first-order valence-corrected chi connectivity index (χ1v) is 11.1. The molecule has 7 heteroatoms. The van der Waals surface area contributed by atoms with Crippen LogP contribution >= 0.6 is 23.2 Å². The number of halogens is 2. The summed E-state index contributed by atoms with van der Waals surface area (Å²) in [6.07, 6.45) is 0. The molecule has 146 valence electrons. The summed E-state index contributed by atoms with van der Waals surface area (Å²) in [4.78, 5) is 2.69. The van der Waals surface area contributed by atoms with Gasteiger partial charge in [-0.1, -0.05) is 47.0 Å². The van der Waals surface area contributed by atoms with Crippen LogP contribution in [0.5, 0.6) is 0 Å². The Labute approximate surface area is 171 Å². The van der Waals surface area contributed by atoms with Crippen molar-refractivity contribution in [2.24, 2.45) is 0 Å². The van der Waals surface area contributed by atoms with Crippen molar-refractivity contribution in [2.75, 3.05) is 26.2 Å². The Bertz CT molecular complexity index is 929. The second-order valence-electron chi connectivity index (χ2n) is 7.16. The summed E-state index contributed by atoms with van der Waals surface area (Å²) in [6.45, 7) is 8.78. The van der Waals surface area contributed by atoms with Gasteiger partial charge < -0.3 is 0 Å². The maximum Gasteiger partial charge on any atom is 0.243 e. The van der Waals surface area contributed by atoms with Crippen molar-refractivity contribution in [1.29, 1.82) is 0 Å². The van der Waals surface area contributed by atoms with E-state index >= 15 is 0 Å². The lowest BCUT2D eigenvalue weighted by Crippen LogP contribution is -2.48. The molecule has 0 aliphatic carbocycles. The summed E-state index contributed by atoms with van der Waals surface area (Å²) < 4.78 is 27.9. The molecule has 0 amide bonds. The van der Waals surface area contributed by atoms with Crippen LogP contribution in [0.1, 0.15) is 22.3 Å². The lowest BCUT2D eigenvalue weighted by Gasteiger charge is -2.34. The Hall–Kier alpha value is -1.11. The molecule has 2 aromatic rings. The van der Waals surface area contributed by atoms with Gasteiger partial charge >= 0.3 is 0 Å². The number of piperazine rings is 1. The molecule has 3 rings (SSSR count). The zero-order valence-electron chi connectivity index (χ0n) is 15.8. The van der Waals surface area contributed by atoms with Crippen molar-refractivity contribution in [3.05, 3.63) is 62.6 Å². The predicted octanol–water partition coefficient (Wildman–Crippen LogP) is 4.43. The molecule has 0 radical (unpaired) electrons. The summed E-state index contributed by atoms with van der Waals surface area (Å²) in [5.74, 6) is 0. The number of hydrogen-bond donors (Lipinski definition) is 0. The number of nitrogens with zero attached hydrogens (tertiary/aromatic N) is 2. The summed E-state index contributed by atoms with van der Waals surface area (Å²) in [5, 5.41) is 1.08. The Morgan fingerprint density at radius 3 is 2.04 bits per heavy atom. The molecule has 1 heterocycles. The molecule has 1 fully saturated rings. The van der Waals surface area contributed by atoms with Crippen LogP contribution < -0.4 is 0 Å². The maximum absolute atomic E-state index is 13.2. The fourth-order valence-corrected chi connectivity index (χ4v) is 5.88. The third-order valence-electron chi connectivity index (χ3n) is 4.92. The highest BCUT2D eigenvalue weighted by Crippen LogP contribution is 2.27. The van der Waals surface area contributed by atoms with Crippen molar-refractivity contribution in [1.82, 2.24) is 9.21 Å². The highest BCUT2D eigenvalue weighted by Gasteiger charge is 2.30. The number of sulfonamides is 1. The van der Waals surface area contributed by atoms with Gasteiger partial charge in [-0.15, -0.1) is 0 Å². The summed E-state index contributed by atoms with van der Waals surface area (Å²) in [5.41, 5.74) is 3.78. The number of benzene rings is 2. The fourth-order valence-electron chi connectivity index (χ4n) is 3.73. The third kappa shape index (κ3) is 4.49. The standard InChI is InChI=1S/C20H24Cl2N2O2S/c1-14-10-15(2)20(16(3)11-14)27(25,26)24-8-6-23(7-9-24)13-17-4-5-18(21)19(22)12-17/h4-5,10-12H,6-9,13H2,1-3H3. The van der Waals surface area contributed by atoms with E-state index in [9.17, 15) is 8.42 Å². The smallest absolute Gasteiger partial charge is 0.243 e. The van der Waals surface area contributed by atoms with Gasteiger partial charge in [0.15, 0.2) is 0 Å². The van der Waals surface area contributed by atoms with E-state index in [4.69, 9.17) is 23.2 Å². The van der Waals surface area contributed by atoms with E-state index in [1.165, 1.54) is 0 Å². The van der Waals surface area contributed by atoms with Crippen molar-refractivity contribution >= 4 is 33.2 Å². The summed E-state index contributed by atoms with van der Waals surface area (Å²) in [6, 6.07) is 9.48. The third-order valence-corrected chi connectivity index (χ3v) is 7.87. The summed E-state index contributed by atoms with van der Waals surface area (Å²) >= 11 is 12.1. The summed E-state index contributed by atoms with van der Waals surface area (Å²) in [7, 11) is -3.48. The highest BCUT2D eigenvalue weighted by molar-refractivity contribution is 7.89. The van der Waals surface area contributed by atoms with Gasteiger partial charge in [-0.2, -0.15) is 4.31 Å². The first-order valence-electron chi connectivity index (χ1n) is 8.93. The second-order valence-corrected chi connectivity index (χ2v) is 9.85. The number of hydrogen-bond acceptors (Lipinski definition) is 3. The molecule has 1 saturated heterocycles. The molecule has 0 bridgehead atoms. The van der Waals surface area contributed by atoms with E-state index in [1.54, 1.807) is 10.4 Å². The van der Waals surface area contributed by atoms with Gasteiger partial charge in [-0.05, 0) is 49.6 Å². The van der Waals surface area contributed by atoms with Crippen molar-refractivity contribution in [2.45, 2.75) is 32.2 Å². The molecule has 0 atom stereocenters. The van der Waals surface area contributed by atoms with Crippen LogP contribution in [0.2, 0.25) is 10.0 Å². The van der Waals surface area contributed by atoms with Crippen LogP contribution in [0.4, 0.5) is 0 Å². The molecule has 0 spiro atoms. The van der Waals surface area contributed by atoms with E-state index in [-0.39, 0.29) is 0 Å². The Morgan fingerprint density at radius 1 is 0.889 bits per heavy atom. The Kier molecular flexibility index (Phi) is 6.18. The highest BCUT2D eigenvalue weighted by atomic mass is 35.5. The molecule has 2 aromatic carbocycles. The second kappa shape index (κ2) is 8.10. The molecular weight excluding hydrogens is 403 g/mol. The van der Waals surface area contributed by atoms with Gasteiger partial charge in [0.2, 0.25) is 10.0 Å². The van der Waals surface area contributed by atoms with Gasteiger partial charge in [0, 0.05) is 32.7 Å². The van der Waals surface area contributed by atoms with E-state index < -0.39 is 10.0 Å². The number of rotatable bonds is 4. The van der Waals surface area contributed by atoms with E-state index in [0.717, 1.165) is 28.8 Å². The molecule has 1 aliphatic heterocycles. The van der Waals surface area contributed by atoms with Crippen LogP contribution in [-0.4, -0.2) is 43.8 Å². The average molecular weight is 427 g/mol. The van der Waals surface area contributed by atoms with Crippen molar-refractivity contribution in [3.63, 3.8) is 0 Å². The molecule has 0 saturated carbocycles. The quantitative estimate of drug-likeness (QED) is 0.725. The van der Waals surface area contributed by atoms with Crippen molar-refractivity contribution < 1.29 is 8.42 Å². The van der Waals surface area contributed by atoms with E-state index in [2.05, 4.69) is 4.90 Å². The van der Waals surface area contributed by atoms with Crippen LogP contribution in [-0.2, 0) is 16.6 Å². The van der Waals surface area contributed by atoms with Crippen LogP contribution in [0, 0.1) is 20.8 Å². The average Bonchev–Trinajstić information content (AvgIpc) is 2.57. The van der Waals surface area contributed by atoms with Gasteiger partial charge in [0.1, 0.15) is 0 Å². The molecule has 0 N–H and O–H groups in total. The van der Waals surface area contributed by atoms with Gasteiger partial charge in [0.25, 0.3) is 0 Å². The Morgan fingerprint density at radius 2 is 1.48 bits per heavy atom. The fraction of sp³-hybridized carbons (Fsp3) is 0.400. The van der Waals surface area contributed by atoms with E-state index in [0.29, 0.717) is 41.1 Å². The van der Waals surface area contributed by atoms with Crippen LogP contribution in [0.25, 0.3) is 0 Å². The van der Waals surface area contributed by atoms with Crippen LogP contribution in [0.3, 0.4) is 0 Å². The first-order chi connectivity index (χ1) is 12.7. The lowest BCUT2D eigenvalue weighted by atomic mass is 10.1. The SMILES string of the molecule is Cc1cc(C)c(S(=O)(=O)N2CCN(Cc3ccc(Cl)c(Cl)c3)CC2)c(C)c1. The molecule has 0 aromatic heterocycles. The molecule has 1 aliphatic rings. The first kappa shape index (κ1) is 20.6. The van der Waals surface area contributed by atoms with Gasteiger partial charge in [0.05, 0.1) is 14.9 Å². The van der Waals surface area contributed by atoms with Crippen molar-refractivity contribution in [3.8, 4) is 0 Å². The van der Waals surface area contributed by atoms with Gasteiger partial charge in [-0.3, -0.25) is 4.90 Å². The molecular formula is C20H24Cl2N2O2S. The molecule has 4 nitrogen and oxygen atoms in total. The molecule has 0 unspecified atom stereocenters. The predicted molar refractivity (Wildman–Crippen MR) is 111 cm³/mol. The van der Waals surface area contributed by atoms with Gasteiger partial charge in [-0.25, -0.2) is 8.42 Å². The zero-order valence-corrected chi connectivity index (χ0v) is 18.1. The minimum Gasteiger partial charge on any atom is -0.296 e. The van der Waals surface area contributed by atoms with E-state index in [1.807, 2.05) is 45.0 Å². The lowest BCUT2D eigenvalue weighted by molar-refractivity contribution is 0.181. The van der Waals surface area contributed by atoms with Crippen LogP contribution in [0.15, 0.2) is 35.2 Å². The monoisotopic (exact) mass is 426 g/mol. The minimum atomic E-state index is -3.48. The molecule has 27 heavy (non-hydrogen) atoms. The maximum atomic E-state index is 13.2. The largest absolute Gasteiger partial charge is 0.296 e. The normalized spacial score (nSPS) is 16.6. The zero-order chi connectivity index (χ0) is 19.8. The number of aryl methyl sites for hydroxylation is 3. The minimum absolute atomic E-state index is 0.450. The Balaban J connectivity index is 1.70.